The Balaban J connectivity index is 1.05. The molecule has 1 N–H and O–H groups in total. The summed E-state index contributed by atoms with van der Waals surface area (Å²) in [6.07, 6.45) is 3.59. The second-order valence-corrected chi connectivity index (χ2v) is 19.2. The maximum atomic E-state index is 12.1. The first-order chi connectivity index (χ1) is 26.8. The van der Waals surface area contributed by atoms with E-state index >= 15 is 0 Å². The summed E-state index contributed by atoms with van der Waals surface area (Å²) in [6, 6.07) is 38.9. The Morgan fingerprint density at radius 2 is 1.60 bits per heavy atom. The van der Waals surface area contributed by atoms with Crippen molar-refractivity contribution in [3.63, 3.8) is 0 Å². The summed E-state index contributed by atoms with van der Waals surface area (Å²) < 4.78 is 32.7. The fourth-order valence-electron chi connectivity index (χ4n) is 7.37. The maximum absolute atomic E-state index is 12.1. The number of aromatic nitrogens is 3. The number of amides is 1. The molecule has 10 nitrogen and oxygen atoms in total. The average molecular weight is 759 g/mol. The molecule has 0 aliphatic carbocycles. The van der Waals surface area contributed by atoms with E-state index in [0.717, 1.165) is 41.4 Å². The molecule has 1 atom stereocenters. The van der Waals surface area contributed by atoms with Crippen LogP contribution < -0.4 is 20.4 Å². The Bertz CT molecular complexity index is 2090. The normalized spacial score (nSPS) is 14.9. The van der Waals surface area contributed by atoms with Crippen LogP contribution in [0.3, 0.4) is 0 Å². The quantitative estimate of drug-likeness (QED) is 0.0825. The lowest BCUT2D eigenvalue weighted by Crippen LogP contribution is -2.66. The lowest BCUT2D eigenvalue weighted by atomic mass is 10.1. The van der Waals surface area contributed by atoms with Gasteiger partial charge in [0.15, 0.2) is 12.0 Å². The molecular weight excluding hydrogens is 709 g/mol. The van der Waals surface area contributed by atoms with Gasteiger partial charge in [-0.25, -0.2) is 9.48 Å². The molecule has 1 aliphatic heterocycles. The minimum absolute atomic E-state index is 0.123. The molecule has 0 radical (unpaired) electrons. The highest BCUT2D eigenvalue weighted by Crippen LogP contribution is 2.38. The molecule has 6 aromatic rings. The summed E-state index contributed by atoms with van der Waals surface area (Å²) in [5, 5.41) is 15.6. The molecule has 1 amide bonds. The van der Waals surface area contributed by atoms with E-state index in [-0.39, 0.29) is 17.9 Å². The largest absolute Gasteiger partial charge is 0.494 e. The van der Waals surface area contributed by atoms with Gasteiger partial charge >= 0.3 is 6.09 Å². The van der Waals surface area contributed by atoms with E-state index in [9.17, 15) is 4.79 Å². The lowest BCUT2D eigenvalue weighted by Gasteiger charge is -2.43. The summed E-state index contributed by atoms with van der Waals surface area (Å²) in [7, 11) is -2.69. The number of hydrogen-bond donors (Lipinski definition) is 1. The number of fused-ring (bicyclic) bond motifs is 1. The van der Waals surface area contributed by atoms with Crippen LogP contribution in [-0.2, 0) is 26.9 Å². The molecule has 55 heavy (non-hydrogen) atoms. The Morgan fingerprint density at radius 1 is 0.891 bits per heavy atom. The monoisotopic (exact) mass is 758 g/mol. The predicted molar refractivity (Wildman–Crippen MR) is 216 cm³/mol. The summed E-state index contributed by atoms with van der Waals surface area (Å²) >= 11 is 0. The highest BCUT2D eigenvalue weighted by atomic mass is 28.4. The van der Waals surface area contributed by atoms with Crippen LogP contribution >= 0.6 is 0 Å². The molecule has 2 aromatic heterocycles. The number of rotatable bonds is 15. The van der Waals surface area contributed by atoms with E-state index in [0.29, 0.717) is 56.4 Å². The van der Waals surface area contributed by atoms with Crippen molar-refractivity contribution in [3.05, 3.63) is 127 Å². The van der Waals surface area contributed by atoms with Gasteiger partial charge in [-0.05, 0) is 64.9 Å². The number of carbonyl (C=O) groups excluding carboxylic acids is 1. The van der Waals surface area contributed by atoms with Crippen molar-refractivity contribution in [2.24, 2.45) is 0 Å². The second kappa shape index (κ2) is 17.5. The zero-order valence-corrected chi connectivity index (χ0v) is 32.9. The predicted octanol–water partition coefficient (Wildman–Crippen LogP) is 8.20. The zero-order chi connectivity index (χ0) is 38.1. The van der Waals surface area contributed by atoms with Crippen molar-refractivity contribution in [2.45, 2.75) is 70.7 Å². The van der Waals surface area contributed by atoms with Crippen LogP contribution in [-0.4, -0.2) is 55.7 Å². The Kier molecular flexibility index (Phi) is 12.1. The molecule has 1 fully saturated rings. The van der Waals surface area contributed by atoms with E-state index in [1.165, 1.54) is 10.4 Å². The molecule has 11 heteroatoms. The molecule has 1 saturated heterocycles. The van der Waals surface area contributed by atoms with Gasteiger partial charge in [0.05, 0.1) is 17.8 Å². The lowest BCUT2D eigenvalue weighted by molar-refractivity contribution is -0.0365. The van der Waals surface area contributed by atoms with Crippen molar-refractivity contribution in [2.75, 3.05) is 26.4 Å². The molecule has 4 aromatic carbocycles. The van der Waals surface area contributed by atoms with Gasteiger partial charge in [0, 0.05) is 37.6 Å². The first kappa shape index (κ1) is 38.1. The van der Waals surface area contributed by atoms with E-state index in [2.05, 4.69) is 91.9 Å². The second-order valence-electron chi connectivity index (χ2n) is 14.9. The molecule has 7 rings (SSSR count). The van der Waals surface area contributed by atoms with Crippen LogP contribution in [0.2, 0.25) is 5.04 Å². The Morgan fingerprint density at radius 3 is 2.27 bits per heavy atom. The summed E-state index contributed by atoms with van der Waals surface area (Å²) in [4.78, 5) is 12.1. The third kappa shape index (κ3) is 8.85. The number of nitrogens with zero attached hydrogens (tertiary/aromatic N) is 3. The highest BCUT2D eigenvalue weighted by molar-refractivity contribution is 6.99. The molecule has 0 spiro atoms. The van der Waals surface area contributed by atoms with Crippen LogP contribution in [0.15, 0.2) is 120 Å². The van der Waals surface area contributed by atoms with Crippen molar-refractivity contribution >= 4 is 35.7 Å². The topological polar surface area (TPSA) is 110 Å². The molecule has 1 aliphatic rings. The fraction of sp³-hybridized carbons (Fsp3) is 0.341. The highest BCUT2D eigenvalue weighted by Gasteiger charge is 2.50. The van der Waals surface area contributed by atoms with Gasteiger partial charge in [0.1, 0.15) is 18.1 Å². The van der Waals surface area contributed by atoms with E-state index < -0.39 is 14.4 Å². The Hall–Kier alpha value is -5.23. The average Bonchev–Trinajstić information content (AvgIpc) is 3.84. The summed E-state index contributed by atoms with van der Waals surface area (Å²) in [5.41, 5.74) is 3.36. The zero-order valence-electron chi connectivity index (χ0n) is 31.9. The maximum Gasteiger partial charge on any atom is 0.407 e. The fourth-order valence-corrected chi connectivity index (χ4v) is 11.9. The third-order valence-electron chi connectivity index (χ3n) is 10.1. The van der Waals surface area contributed by atoms with Gasteiger partial charge in [-0.1, -0.05) is 117 Å². The smallest absolute Gasteiger partial charge is 0.407 e. The number of carbonyl (C=O) groups is 1. The standard InChI is InChI=1S/C44H50N4O6Si/c1-44(2,3)55(36-18-9-5-10-19-36,37-20-11-6-12-21-37)53-29-25-34-30-40(54-47-34)42-38-31-35(23-24-39(38)48(46-42)41-22-13-14-27-51-41)50-28-15-26-45-43(49)52-32-33-16-7-4-8-17-33/h4-12,16-21,23-24,30-31,41H,13-15,22,25-29,32H2,1-3H3,(H,45,49). The number of nitrogens with one attached hydrogen (secondary N) is 1. The first-order valence-corrected chi connectivity index (χ1v) is 21.1. The van der Waals surface area contributed by atoms with Crippen molar-refractivity contribution in [1.29, 1.82) is 0 Å². The molecule has 286 valence electrons. The molecular formula is C44H50N4O6Si. The number of benzene rings is 4. The van der Waals surface area contributed by atoms with Crippen LogP contribution in [0.25, 0.3) is 22.4 Å². The van der Waals surface area contributed by atoms with Crippen LogP contribution in [0.4, 0.5) is 4.79 Å². The number of alkyl carbamates (subject to hydrolysis) is 1. The summed E-state index contributed by atoms with van der Waals surface area (Å²) in [5.74, 6) is 1.28. The van der Waals surface area contributed by atoms with E-state index in [1.54, 1.807) is 0 Å². The van der Waals surface area contributed by atoms with Crippen molar-refractivity contribution in [1.82, 2.24) is 20.3 Å². The van der Waals surface area contributed by atoms with Crippen LogP contribution in [0.1, 0.15) is 63.9 Å². The molecule has 3 heterocycles. The number of ether oxygens (including phenoxy) is 3. The van der Waals surface area contributed by atoms with Gasteiger partial charge < -0.3 is 28.5 Å². The van der Waals surface area contributed by atoms with Crippen LogP contribution in [0.5, 0.6) is 5.75 Å². The molecule has 0 bridgehead atoms. The van der Waals surface area contributed by atoms with Crippen molar-refractivity contribution < 1.29 is 28.0 Å². The van der Waals surface area contributed by atoms with Gasteiger partial charge in [-0.3, -0.25) is 0 Å². The molecule has 0 saturated carbocycles. The third-order valence-corrected chi connectivity index (χ3v) is 15.1. The minimum atomic E-state index is -2.69. The van der Waals surface area contributed by atoms with Crippen LogP contribution in [0, 0.1) is 0 Å². The first-order valence-electron chi connectivity index (χ1n) is 19.2. The van der Waals surface area contributed by atoms with Gasteiger partial charge in [-0.2, -0.15) is 5.10 Å². The van der Waals surface area contributed by atoms with Crippen molar-refractivity contribution in [3.8, 4) is 17.2 Å². The van der Waals surface area contributed by atoms with E-state index in [4.69, 9.17) is 28.3 Å². The summed E-state index contributed by atoms with van der Waals surface area (Å²) in [6.45, 7) is 9.11. The minimum Gasteiger partial charge on any atom is -0.494 e. The van der Waals surface area contributed by atoms with Gasteiger partial charge in [0.2, 0.25) is 0 Å². The number of hydrogen-bond acceptors (Lipinski definition) is 8. The Labute approximate surface area is 323 Å². The SMILES string of the molecule is CC(C)(C)[Si](OCCc1cc(-c2nn(C3CCCCO3)c3ccc(OCCCNC(=O)OCc4ccccc4)cc23)on1)(c1ccccc1)c1ccccc1. The van der Waals surface area contributed by atoms with Gasteiger partial charge in [0.25, 0.3) is 8.32 Å². The van der Waals surface area contributed by atoms with Gasteiger partial charge in [-0.15, -0.1) is 0 Å². The van der Waals surface area contributed by atoms with E-state index in [1.807, 2.05) is 59.3 Å². The molecule has 1 unspecified atom stereocenters.